The Bertz CT molecular complexity index is 3510. The van der Waals surface area contributed by atoms with Gasteiger partial charge in [0.2, 0.25) is 0 Å². The summed E-state index contributed by atoms with van der Waals surface area (Å²) < 4.78 is 2.38. The molecule has 0 atom stereocenters. The fourth-order valence-electron chi connectivity index (χ4n) is 8.92. The molecule has 12 aromatic rings. The molecular weight excluding hydrogens is 717 g/mol. The molecular formula is C55H34N4. The maximum absolute atomic E-state index is 5.35. The van der Waals surface area contributed by atoms with Gasteiger partial charge < -0.3 is 4.57 Å². The van der Waals surface area contributed by atoms with Gasteiger partial charge in [0.1, 0.15) is 0 Å². The summed E-state index contributed by atoms with van der Waals surface area (Å²) in [6.45, 7) is 0. The van der Waals surface area contributed by atoms with E-state index in [-0.39, 0.29) is 0 Å². The molecule has 0 aliphatic carbocycles. The van der Waals surface area contributed by atoms with Gasteiger partial charge >= 0.3 is 0 Å². The van der Waals surface area contributed by atoms with Crippen molar-refractivity contribution in [3.8, 4) is 50.8 Å². The second-order valence-corrected chi connectivity index (χ2v) is 15.2. The fourth-order valence-corrected chi connectivity index (χ4v) is 8.92. The topological polar surface area (TPSA) is 43.6 Å². The van der Waals surface area contributed by atoms with Gasteiger partial charge in [-0.05, 0) is 70.1 Å². The van der Waals surface area contributed by atoms with Crippen LogP contribution in [-0.2, 0) is 0 Å². The average molecular weight is 751 g/mol. The summed E-state index contributed by atoms with van der Waals surface area (Å²) in [6, 6.07) is 73.2. The highest BCUT2D eigenvalue weighted by Crippen LogP contribution is 2.42. The Morgan fingerprint density at radius 1 is 0.322 bits per heavy atom. The van der Waals surface area contributed by atoms with Gasteiger partial charge in [0.15, 0.2) is 5.82 Å². The number of pyridine rings is 1. The van der Waals surface area contributed by atoms with Crippen molar-refractivity contribution in [2.75, 3.05) is 0 Å². The molecule has 0 aliphatic heterocycles. The van der Waals surface area contributed by atoms with Crippen LogP contribution >= 0.6 is 0 Å². The Hall–Kier alpha value is -7.95. The first-order valence-electron chi connectivity index (χ1n) is 20.0. The van der Waals surface area contributed by atoms with E-state index in [2.05, 4.69) is 211 Å². The van der Waals surface area contributed by atoms with Crippen molar-refractivity contribution in [1.29, 1.82) is 0 Å². The van der Waals surface area contributed by atoms with E-state index in [1.165, 1.54) is 48.7 Å². The lowest BCUT2D eigenvalue weighted by Crippen LogP contribution is -1.96. The average Bonchev–Trinajstić information content (AvgIpc) is 3.65. The Labute approximate surface area is 340 Å². The zero-order valence-corrected chi connectivity index (χ0v) is 31.9. The molecule has 0 amide bonds. The molecule has 59 heavy (non-hydrogen) atoms. The third kappa shape index (κ3) is 5.49. The smallest absolute Gasteiger partial charge is 0.160 e. The third-order valence-electron chi connectivity index (χ3n) is 11.7. The van der Waals surface area contributed by atoms with Gasteiger partial charge in [-0.3, -0.25) is 0 Å². The summed E-state index contributed by atoms with van der Waals surface area (Å²) in [7, 11) is 0. The number of nitrogens with zero attached hydrogens (tertiary/aromatic N) is 4. The van der Waals surface area contributed by atoms with E-state index >= 15 is 0 Å². The van der Waals surface area contributed by atoms with E-state index in [9.17, 15) is 0 Å². The van der Waals surface area contributed by atoms with Crippen molar-refractivity contribution in [3.63, 3.8) is 0 Å². The van der Waals surface area contributed by atoms with Crippen LogP contribution in [0.3, 0.4) is 0 Å². The van der Waals surface area contributed by atoms with Crippen LogP contribution in [0, 0.1) is 0 Å². The summed E-state index contributed by atoms with van der Waals surface area (Å²) in [6.07, 6.45) is 0. The molecule has 0 N–H and O–H groups in total. The van der Waals surface area contributed by atoms with Crippen LogP contribution in [0.4, 0.5) is 0 Å². The summed E-state index contributed by atoms with van der Waals surface area (Å²) in [4.78, 5) is 15.8. The van der Waals surface area contributed by atoms with Crippen LogP contribution < -0.4 is 0 Å². The van der Waals surface area contributed by atoms with Crippen LogP contribution in [0.5, 0.6) is 0 Å². The Morgan fingerprint density at radius 3 is 1.58 bits per heavy atom. The Balaban J connectivity index is 1.03. The van der Waals surface area contributed by atoms with E-state index in [0.717, 1.165) is 61.3 Å². The monoisotopic (exact) mass is 750 g/mol. The molecule has 12 rings (SSSR count). The molecule has 4 heteroatoms. The first-order valence-corrected chi connectivity index (χ1v) is 20.0. The van der Waals surface area contributed by atoms with Crippen molar-refractivity contribution in [2.45, 2.75) is 0 Å². The van der Waals surface area contributed by atoms with Crippen molar-refractivity contribution in [2.24, 2.45) is 0 Å². The molecule has 0 unspecified atom stereocenters. The first kappa shape index (κ1) is 33.2. The highest BCUT2D eigenvalue weighted by atomic mass is 15.0. The molecule has 0 fully saturated rings. The van der Waals surface area contributed by atoms with Crippen LogP contribution in [-0.4, -0.2) is 19.5 Å². The van der Waals surface area contributed by atoms with Crippen molar-refractivity contribution in [1.82, 2.24) is 19.5 Å². The molecule has 0 saturated heterocycles. The van der Waals surface area contributed by atoms with E-state index in [4.69, 9.17) is 15.0 Å². The predicted molar refractivity (Wildman–Crippen MR) is 246 cm³/mol. The zero-order chi connectivity index (χ0) is 38.9. The number of aromatic nitrogens is 4. The number of rotatable bonds is 5. The maximum atomic E-state index is 5.35. The highest BCUT2D eigenvalue weighted by molar-refractivity contribution is 6.29. The normalized spacial score (nSPS) is 11.7. The quantitative estimate of drug-likeness (QED) is 0.165. The van der Waals surface area contributed by atoms with Crippen molar-refractivity contribution >= 4 is 65.0 Å². The largest absolute Gasteiger partial charge is 0.309 e. The molecule has 9 aromatic carbocycles. The predicted octanol–water partition coefficient (Wildman–Crippen LogP) is 14.2. The lowest BCUT2D eigenvalue weighted by Gasteiger charge is -2.13. The van der Waals surface area contributed by atoms with Crippen LogP contribution in [0.15, 0.2) is 206 Å². The van der Waals surface area contributed by atoms with E-state index in [1.54, 1.807) is 0 Å². The molecule has 0 bridgehead atoms. The number of para-hydroxylation sites is 3. The second kappa shape index (κ2) is 13.3. The number of fused-ring (bicyclic) bond motifs is 9. The molecule has 0 radical (unpaired) electrons. The van der Waals surface area contributed by atoms with Gasteiger partial charge in [0, 0.05) is 54.9 Å². The minimum absolute atomic E-state index is 0.678. The lowest BCUT2D eigenvalue weighted by molar-refractivity contribution is 1.18. The highest BCUT2D eigenvalue weighted by Gasteiger charge is 2.20. The van der Waals surface area contributed by atoms with Gasteiger partial charge in [0.05, 0.1) is 33.6 Å². The van der Waals surface area contributed by atoms with Crippen molar-refractivity contribution < 1.29 is 0 Å². The summed E-state index contributed by atoms with van der Waals surface area (Å²) in [5, 5.41) is 10.7. The van der Waals surface area contributed by atoms with E-state index in [0.29, 0.717) is 5.82 Å². The SMILES string of the molecule is c1ccc(-n2c3ccccc3c3c4c(ccc32)c(-c2ccc(-c3nc(-c5ccc6ccccc6c5)cc(-c5ccc6ccccc6c5)n3)cc2)nc2ccccc24)cc1. The Kier molecular flexibility index (Phi) is 7.50. The van der Waals surface area contributed by atoms with Crippen LogP contribution in [0.1, 0.15) is 0 Å². The Morgan fingerprint density at radius 2 is 0.881 bits per heavy atom. The number of benzene rings is 9. The first-order chi connectivity index (χ1) is 29.2. The standard InChI is InChI=1S/C55H34N4/c1-2-16-43(17-3-1)59-50-21-11-9-19-45(50)53-51(59)31-30-46-52(53)44-18-8-10-20-47(44)56-54(46)37-24-26-38(27-25-37)55-57-48(41-28-22-35-12-4-6-14-39(35)32-41)34-49(58-55)42-29-23-36-13-5-7-15-40(36)33-42/h1-34H. The maximum Gasteiger partial charge on any atom is 0.160 e. The summed E-state index contributed by atoms with van der Waals surface area (Å²) in [5.74, 6) is 0.678. The molecule has 0 spiro atoms. The van der Waals surface area contributed by atoms with E-state index in [1.807, 2.05) is 0 Å². The van der Waals surface area contributed by atoms with E-state index < -0.39 is 0 Å². The van der Waals surface area contributed by atoms with Crippen LogP contribution in [0.25, 0.3) is 116 Å². The summed E-state index contributed by atoms with van der Waals surface area (Å²) in [5.41, 5.74) is 11.3. The number of hydrogen-bond donors (Lipinski definition) is 0. The third-order valence-corrected chi connectivity index (χ3v) is 11.7. The second-order valence-electron chi connectivity index (χ2n) is 15.2. The molecule has 0 saturated carbocycles. The van der Waals surface area contributed by atoms with Gasteiger partial charge in [-0.15, -0.1) is 0 Å². The fraction of sp³-hybridized carbons (Fsp3) is 0. The van der Waals surface area contributed by atoms with Crippen molar-refractivity contribution in [3.05, 3.63) is 206 Å². The van der Waals surface area contributed by atoms with Gasteiger partial charge in [-0.1, -0.05) is 158 Å². The van der Waals surface area contributed by atoms with Gasteiger partial charge in [0.25, 0.3) is 0 Å². The molecule has 3 aromatic heterocycles. The molecule has 0 aliphatic rings. The number of hydrogen-bond acceptors (Lipinski definition) is 3. The molecule has 274 valence electrons. The van der Waals surface area contributed by atoms with Gasteiger partial charge in [-0.25, -0.2) is 15.0 Å². The lowest BCUT2D eigenvalue weighted by atomic mass is 9.95. The minimum atomic E-state index is 0.678. The molecule has 4 nitrogen and oxygen atoms in total. The summed E-state index contributed by atoms with van der Waals surface area (Å²) >= 11 is 0. The molecule has 3 heterocycles. The van der Waals surface area contributed by atoms with Gasteiger partial charge in [-0.2, -0.15) is 0 Å². The van der Waals surface area contributed by atoms with Crippen LogP contribution in [0.2, 0.25) is 0 Å². The zero-order valence-electron chi connectivity index (χ0n) is 31.9. The minimum Gasteiger partial charge on any atom is -0.309 e.